The van der Waals surface area contributed by atoms with Gasteiger partial charge in [0.05, 0.1) is 26.3 Å². The van der Waals surface area contributed by atoms with Gasteiger partial charge in [-0.2, -0.15) is 0 Å². The molecule has 3 aromatic carbocycles. The van der Waals surface area contributed by atoms with Gasteiger partial charge < -0.3 is 24.5 Å². The van der Waals surface area contributed by atoms with Gasteiger partial charge in [-0.05, 0) is 67.8 Å². The van der Waals surface area contributed by atoms with E-state index in [0.717, 1.165) is 102 Å². The summed E-state index contributed by atoms with van der Waals surface area (Å²) in [4.78, 5) is 8.95. The van der Waals surface area contributed by atoms with Crippen LogP contribution in [-0.2, 0) is 0 Å². The molecular weight excluding hydrogens is 476 g/mol. The average Bonchev–Trinajstić information content (AvgIpc) is 3.74. The Kier molecular flexibility index (Phi) is 7.24. The third-order valence-electron chi connectivity index (χ3n) is 6.71. The summed E-state index contributed by atoms with van der Waals surface area (Å²) in [6, 6.07) is 24.5. The lowest BCUT2D eigenvalue weighted by atomic mass is 10.1. The third kappa shape index (κ3) is 5.67. The Hall–Kier alpha value is -4.26. The first-order valence-corrected chi connectivity index (χ1v) is 13.4. The van der Waals surface area contributed by atoms with E-state index in [1.54, 1.807) is 0 Å². The highest BCUT2D eigenvalue weighted by Gasteiger charge is 2.12. The summed E-state index contributed by atoms with van der Waals surface area (Å²) in [6.45, 7) is 4.85. The highest BCUT2D eigenvalue weighted by Crippen LogP contribution is 2.30. The number of ether oxygens (including phenoxy) is 2. The van der Waals surface area contributed by atoms with Crippen molar-refractivity contribution in [2.75, 3.05) is 39.4 Å². The minimum Gasteiger partial charge on any atom is -0.494 e. The fraction of sp³-hybridized carbons (Fsp3) is 0.290. The van der Waals surface area contributed by atoms with Crippen LogP contribution in [0.15, 0.2) is 87.2 Å². The standard InChI is InChI=1S/C31H32N4O3/c1(2-17-36-26-11-9-22(10-12-26)30-32-13-14-33-30)3-18-37-27-6-4-5-23(19-27)28-20-24-7-8-25(21-29(24)38-28)31-34-15-16-35-31/h4-12,19-21H,1-3,13-18H2,(H,32,33)(H,34,35). The maximum atomic E-state index is 6.19. The second-order valence-corrected chi connectivity index (χ2v) is 9.49. The fourth-order valence-corrected chi connectivity index (χ4v) is 4.71. The molecule has 0 amide bonds. The summed E-state index contributed by atoms with van der Waals surface area (Å²) in [5.74, 6) is 4.49. The zero-order chi connectivity index (χ0) is 25.6. The highest BCUT2D eigenvalue weighted by molar-refractivity contribution is 6.02. The van der Waals surface area contributed by atoms with E-state index in [9.17, 15) is 0 Å². The maximum Gasteiger partial charge on any atom is 0.135 e. The average molecular weight is 509 g/mol. The molecule has 0 spiro atoms. The van der Waals surface area contributed by atoms with E-state index < -0.39 is 0 Å². The summed E-state index contributed by atoms with van der Waals surface area (Å²) in [5, 5.41) is 7.68. The lowest BCUT2D eigenvalue weighted by molar-refractivity contribution is 0.279. The van der Waals surface area contributed by atoms with Crippen LogP contribution in [0.1, 0.15) is 30.4 Å². The fourth-order valence-electron chi connectivity index (χ4n) is 4.71. The number of hydrogen-bond donors (Lipinski definition) is 2. The predicted octanol–water partition coefficient (Wildman–Crippen LogP) is 5.43. The monoisotopic (exact) mass is 508 g/mol. The minimum atomic E-state index is 0.672. The van der Waals surface area contributed by atoms with Gasteiger partial charge in [-0.1, -0.05) is 24.3 Å². The second kappa shape index (κ2) is 11.4. The number of unbranched alkanes of at least 4 members (excludes halogenated alkanes) is 2. The Morgan fingerprint density at radius 3 is 2.11 bits per heavy atom. The van der Waals surface area contributed by atoms with E-state index in [2.05, 4.69) is 63.1 Å². The summed E-state index contributed by atoms with van der Waals surface area (Å²) in [5.41, 5.74) is 4.03. The molecule has 0 aliphatic carbocycles. The number of benzene rings is 3. The summed E-state index contributed by atoms with van der Waals surface area (Å²) < 4.78 is 18.1. The van der Waals surface area contributed by atoms with Gasteiger partial charge in [0.25, 0.3) is 0 Å². The maximum absolute atomic E-state index is 6.19. The Morgan fingerprint density at radius 1 is 0.658 bits per heavy atom. The van der Waals surface area contributed by atoms with Crippen molar-refractivity contribution in [3.05, 3.63) is 83.9 Å². The molecule has 0 saturated carbocycles. The summed E-state index contributed by atoms with van der Waals surface area (Å²) in [6.07, 6.45) is 3.01. The summed E-state index contributed by atoms with van der Waals surface area (Å²) in [7, 11) is 0. The van der Waals surface area contributed by atoms with Crippen LogP contribution >= 0.6 is 0 Å². The molecule has 38 heavy (non-hydrogen) atoms. The van der Waals surface area contributed by atoms with Crippen LogP contribution in [0.25, 0.3) is 22.3 Å². The highest BCUT2D eigenvalue weighted by atomic mass is 16.5. The molecule has 0 atom stereocenters. The number of aliphatic imine (C=N–C) groups is 2. The van der Waals surface area contributed by atoms with E-state index in [1.165, 1.54) is 0 Å². The van der Waals surface area contributed by atoms with Crippen molar-refractivity contribution in [1.82, 2.24) is 10.6 Å². The largest absolute Gasteiger partial charge is 0.494 e. The van der Waals surface area contributed by atoms with Gasteiger partial charge in [0.2, 0.25) is 0 Å². The van der Waals surface area contributed by atoms with Crippen molar-refractivity contribution in [2.45, 2.75) is 19.3 Å². The van der Waals surface area contributed by atoms with Gasteiger partial charge in [0.15, 0.2) is 0 Å². The number of furan rings is 1. The van der Waals surface area contributed by atoms with Gasteiger partial charge in [-0.3, -0.25) is 9.98 Å². The van der Waals surface area contributed by atoms with Crippen molar-refractivity contribution < 1.29 is 13.9 Å². The van der Waals surface area contributed by atoms with E-state index >= 15 is 0 Å². The molecule has 0 radical (unpaired) electrons. The van der Waals surface area contributed by atoms with Crippen molar-refractivity contribution in [3.63, 3.8) is 0 Å². The van der Waals surface area contributed by atoms with E-state index in [1.807, 2.05) is 30.3 Å². The Labute approximate surface area is 222 Å². The molecule has 3 heterocycles. The molecule has 0 fully saturated rings. The van der Waals surface area contributed by atoms with Gasteiger partial charge in [0.1, 0.15) is 34.5 Å². The molecule has 2 aliphatic heterocycles. The van der Waals surface area contributed by atoms with Crippen LogP contribution in [0.4, 0.5) is 0 Å². The predicted molar refractivity (Wildman–Crippen MR) is 152 cm³/mol. The summed E-state index contributed by atoms with van der Waals surface area (Å²) >= 11 is 0. The lowest BCUT2D eigenvalue weighted by Crippen LogP contribution is -2.19. The molecular formula is C31H32N4O3. The van der Waals surface area contributed by atoms with Crippen LogP contribution in [0.5, 0.6) is 11.5 Å². The molecule has 0 saturated heterocycles. The normalized spacial score (nSPS) is 14.6. The van der Waals surface area contributed by atoms with E-state index in [4.69, 9.17) is 13.9 Å². The molecule has 2 aliphatic rings. The molecule has 0 unspecified atom stereocenters. The first-order chi connectivity index (χ1) is 18.8. The van der Waals surface area contributed by atoms with Gasteiger partial charge in [0, 0.05) is 35.2 Å². The van der Waals surface area contributed by atoms with Crippen LogP contribution < -0.4 is 20.1 Å². The zero-order valence-electron chi connectivity index (χ0n) is 21.4. The van der Waals surface area contributed by atoms with Crippen molar-refractivity contribution >= 4 is 22.6 Å². The SMILES string of the molecule is c1cc(OCCCCCOc2ccc(C3=NCCN3)cc2)cc(-c2cc3ccc(C4=NCCN4)cc3o2)c1. The molecule has 0 bridgehead atoms. The molecule has 194 valence electrons. The van der Waals surface area contributed by atoms with Crippen molar-refractivity contribution in [3.8, 4) is 22.8 Å². The minimum absolute atomic E-state index is 0.672. The number of nitrogens with zero attached hydrogens (tertiary/aromatic N) is 2. The lowest BCUT2D eigenvalue weighted by Gasteiger charge is -2.09. The van der Waals surface area contributed by atoms with Crippen LogP contribution in [0.2, 0.25) is 0 Å². The zero-order valence-corrected chi connectivity index (χ0v) is 21.4. The van der Waals surface area contributed by atoms with Crippen molar-refractivity contribution in [1.29, 1.82) is 0 Å². The molecule has 4 aromatic rings. The van der Waals surface area contributed by atoms with Gasteiger partial charge in [-0.15, -0.1) is 0 Å². The first-order valence-electron chi connectivity index (χ1n) is 13.4. The van der Waals surface area contributed by atoms with Crippen LogP contribution in [0, 0.1) is 0 Å². The van der Waals surface area contributed by atoms with Crippen LogP contribution in [0.3, 0.4) is 0 Å². The molecule has 1 aromatic heterocycles. The number of amidine groups is 2. The molecule has 2 N–H and O–H groups in total. The smallest absolute Gasteiger partial charge is 0.135 e. The third-order valence-corrected chi connectivity index (χ3v) is 6.71. The number of rotatable bonds is 11. The first kappa shape index (κ1) is 24.1. The topological polar surface area (TPSA) is 80.4 Å². The number of hydrogen-bond acceptors (Lipinski definition) is 7. The van der Waals surface area contributed by atoms with Gasteiger partial charge in [-0.25, -0.2) is 0 Å². The second-order valence-electron chi connectivity index (χ2n) is 9.49. The Balaban J connectivity index is 0.952. The van der Waals surface area contributed by atoms with E-state index in [-0.39, 0.29) is 0 Å². The quantitative estimate of drug-likeness (QED) is 0.264. The van der Waals surface area contributed by atoms with Crippen LogP contribution in [-0.4, -0.2) is 51.1 Å². The molecule has 7 nitrogen and oxygen atoms in total. The van der Waals surface area contributed by atoms with Gasteiger partial charge >= 0.3 is 0 Å². The van der Waals surface area contributed by atoms with Crippen molar-refractivity contribution in [2.24, 2.45) is 9.98 Å². The van der Waals surface area contributed by atoms with E-state index in [0.29, 0.717) is 13.2 Å². The Morgan fingerprint density at radius 2 is 1.37 bits per heavy atom. The molecule has 6 rings (SSSR count). The molecule has 7 heteroatoms. The Bertz CT molecular complexity index is 1460. The number of fused-ring (bicyclic) bond motifs is 1. The number of nitrogens with one attached hydrogen (secondary N) is 2.